The maximum atomic E-state index is 13.1. The summed E-state index contributed by atoms with van der Waals surface area (Å²) in [4.78, 5) is 38.1. The lowest BCUT2D eigenvalue weighted by Gasteiger charge is -2.35. The zero-order valence-corrected chi connectivity index (χ0v) is 16.2. The lowest BCUT2D eigenvalue weighted by Crippen LogP contribution is -2.48. The zero-order valence-electron chi connectivity index (χ0n) is 16.2. The minimum absolute atomic E-state index is 0.0159. The second-order valence-electron chi connectivity index (χ2n) is 7.20. The highest BCUT2D eigenvalue weighted by molar-refractivity contribution is 6.05. The molecular weight excluding hydrogens is 372 g/mol. The van der Waals surface area contributed by atoms with Crippen LogP contribution in [-0.4, -0.2) is 58.8 Å². The fraction of sp³-hybridized carbons (Fsp3) is 0.400. The average molecular weight is 396 g/mol. The van der Waals surface area contributed by atoms with Crippen molar-refractivity contribution in [1.29, 1.82) is 0 Å². The largest absolute Gasteiger partial charge is 0.394 e. The van der Waals surface area contributed by atoms with Gasteiger partial charge in [0.15, 0.2) is 5.82 Å². The van der Waals surface area contributed by atoms with E-state index in [-0.39, 0.29) is 36.3 Å². The van der Waals surface area contributed by atoms with Crippen LogP contribution in [0, 0.1) is 0 Å². The van der Waals surface area contributed by atoms with Crippen LogP contribution >= 0.6 is 0 Å². The molecule has 4 rings (SSSR count). The fourth-order valence-electron chi connectivity index (χ4n) is 3.74. The molecule has 29 heavy (non-hydrogen) atoms. The van der Waals surface area contributed by atoms with E-state index in [1.165, 1.54) is 0 Å². The van der Waals surface area contributed by atoms with Crippen molar-refractivity contribution < 1.29 is 14.7 Å². The summed E-state index contributed by atoms with van der Waals surface area (Å²) in [5.41, 5.74) is 1.05. The first kappa shape index (κ1) is 19.1. The van der Waals surface area contributed by atoms with Crippen molar-refractivity contribution in [3.05, 3.63) is 42.2 Å². The number of hydrogen-bond donors (Lipinski definition) is 3. The molecule has 3 amide bonds. The summed E-state index contributed by atoms with van der Waals surface area (Å²) < 4.78 is 0. The molecule has 1 saturated heterocycles. The van der Waals surface area contributed by atoms with Gasteiger partial charge in [-0.2, -0.15) is 0 Å². The molecule has 0 aliphatic carbocycles. The van der Waals surface area contributed by atoms with Gasteiger partial charge in [-0.05, 0) is 37.1 Å². The van der Waals surface area contributed by atoms with E-state index in [0.29, 0.717) is 18.1 Å². The molecule has 0 radical (unpaired) electrons. The molecule has 2 bridgehead atoms. The summed E-state index contributed by atoms with van der Waals surface area (Å²) in [5, 5.41) is 14.9. The number of urea groups is 1. The number of rotatable bonds is 5. The van der Waals surface area contributed by atoms with Crippen LogP contribution in [0.15, 0.2) is 36.5 Å². The van der Waals surface area contributed by atoms with Crippen LogP contribution in [0.3, 0.4) is 0 Å². The number of amides is 3. The molecular formula is C20H24N6O3. The monoisotopic (exact) mass is 396 g/mol. The number of aromatic nitrogens is 2. The van der Waals surface area contributed by atoms with E-state index >= 15 is 0 Å². The molecule has 9 nitrogen and oxygen atoms in total. The SMILES string of the molecule is CC[C@@H](CO)NC(=O)c1ccc2c(n1)N(C(=O)Nc1ccccn1)C1CCN2C1. The number of anilines is 3. The van der Waals surface area contributed by atoms with Crippen molar-refractivity contribution in [2.24, 2.45) is 0 Å². The van der Waals surface area contributed by atoms with Crippen molar-refractivity contribution in [1.82, 2.24) is 15.3 Å². The van der Waals surface area contributed by atoms with Gasteiger partial charge >= 0.3 is 6.03 Å². The van der Waals surface area contributed by atoms with E-state index in [9.17, 15) is 14.7 Å². The number of hydrogen-bond acceptors (Lipinski definition) is 6. The Morgan fingerprint density at radius 1 is 1.31 bits per heavy atom. The van der Waals surface area contributed by atoms with E-state index in [1.807, 2.05) is 13.0 Å². The highest BCUT2D eigenvalue weighted by Crippen LogP contribution is 2.39. The summed E-state index contributed by atoms with van der Waals surface area (Å²) in [6.45, 7) is 3.32. The Kier molecular flexibility index (Phi) is 5.30. The van der Waals surface area contributed by atoms with Crippen LogP contribution in [0.25, 0.3) is 0 Å². The third kappa shape index (κ3) is 3.73. The quantitative estimate of drug-likeness (QED) is 0.708. The van der Waals surface area contributed by atoms with Gasteiger partial charge in [0.25, 0.3) is 5.91 Å². The maximum Gasteiger partial charge on any atom is 0.329 e. The van der Waals surface area contributed by atoms with Gasteiger partial charge in [-0.3, -0.25) is 15.0 Å². The molecule has 4 heterocycles. The van der Waals surface area contributed by atoms with Gasteiger partial charge < -0.3 is 15.3 Å². The predicted octanol–water partition coefficient (Wildman–Crippen LogP) is 1.61. The highest BCUT2D eigenvalue weighted by atomic mass is 16.3. The molecule has 3 N–H and O–H groups in total. The lowest BCUT2D eigenvalue weighted by molar-refractivity contribution is 0.0910. The van der Waals surface area contributed by atoms with E-state index in [1.54, 1.807) is 35.4 Å². The van der Waals surface area contributed by atoms with Gasteiger partial charge in [-0.25, -0.2) is 14.8 Å². The summed E-state index contributed by atoms with van der Waals surface area (Å²) >= 11 is 0. The Hall–Kier alpha value is -3.20. The first-order valence-corrected chi connectivity index (χ1v) is 9.79. The average Bonchev–Trinajstić information content (AvgIpc) is 3.16. The van der Waals surface area contributed by atoms with Crippen molar-refractivity contribution in [2.75, 3.05) is 34.8 Å². The number of carbonyl (C=O) groups excluding carboxylic acids is 2. The first-order chi connectivity index (χ1) is 14.1. The van der Waals surface area contributed by atoms with Crippen molar-refractivity contribution in [2.45, 2.75) is 31.8 Å². The Morgan fingerprint density at radius 3 is 2.90 bits per heavy atom. The highest BCUT2D eigenvalue weighted by Gasteiger charge is 2.40. The van der Waals surface area contributed by atoms with E-state index in [0.717, 1.165) is 25.2 Å². The number of nitrogens with one attached hydrogen (secondary N) is 2. The molecule has 2 aliphatic heterocycles. The molecule has 9 heteroatoms. The van der Waals surface area contributed by atoms with Gasteiger partial charge in [0.2, 0.25) is 0 Å². The van der Waals surface area contributed by atoms with E-state index in [4.69, 9.17) is 0 Å². The van der Waals surface area contributed by atoms with Crippen LogP contribution < -0.4 is 20.4 Å². The lowest BCUT2D eigenvalue weighted by atomic mass is 10.1. The molecule has 1 fully saturated rings. The summed E-state index contributed by atoms with van der Waals surface area (Å²) in [6, 6.07) is 8.14. The Balaban J connectivity index is 1.63. The predicted molar refractivity (Wildman–Crippen MR) is 109 cm³/mol. The number of aliphatic hydroxyl groups excluding tert-OH is 1. The Labute approximate surface area is 168 Å². The molecule has 2 aromatic rings. The third-order valence-electron chi connectivity index (χ3n) is 5.35. The van der Waals surface area contributed by atoms with Gasteiger partial charge in [0, 0.05) is 19.3 Å². The molecule has 2 aromatic heterocycles. The van der Waals surface area contributed by atoms with Crippen molar-refractivity contribution in [3.63, 3.8) is 0 Å². The van der Waals surface area contributed by atoms with Gasteiger partial charge in [0.1, 0.15) is 11.5 Å². The molecule has 0 aromatic carbocycles. The Morgan fingerprint density at radius 2 is 2.17 bits per heavy atom. The number of fused-ring (bicyclic) bond motifs is 4. The molecule has 2 aliphatic rings. The number of pyridine rings is 2. The first-order valence-electron chi connectivity index (χ1n) is 9.79. The Bertz CT molecular complexity index is 902. The molecule has 1 unspecified atom stereocenters. The van der Waals surface area contributed by atoms with E-state index in [2.05, 4.69) is 25.5 Å². The van der Waals surface area contributed by atoms with Crippen molar-refractivity contribution in [3.8, 4) is 0 Å². The minimum Gasteiger partial charge on any atom is -0.394 e. The van der Waals surface area contributed by atoms with Crippen LogP contribution in [-0.2, 0) is 0 Å². The third-order valence-corrected chi connectivity index (χ3v) is 5.35. The summed E-state index contributed by atoms with van der Waals surface area (Å²) in [6.07, 6.45) is 3.06. The van der Waals surface area contributed by atoms with E-state index < -0.39 is 0 Å². The number of carbonyl (C=O) groups is 2. The smallest absolute Gasteiger partial charge is 0.329 e. The second-order valence-corrected chi connectivity index (χ2v) is 7.20. The van der Waals surface area contributed by atoms with Crippen LogP contribution in [0.4, 0.5) is 22.1 Å². The summed E-state index contributed by atoms with van der Waals surface area (Å²) in [7, 11) is 0. The van der Waals surface area contributed by atoms with Crippen LogP contribution in [0.2, 0.25) is 0 Å². The second kappa shape index (κ2) is 8.04. The van der Waals surface area contributed by atoms with Crippen LogP contribution in [0.1, 0.15) is 30.3 Å². The van der Waals surface area contributed by atoms with Gasteiger partial charge in [-0.1, -0.05) is 13.0 Å². The minimum atomic E-state index is -0.369. The number of nitrogens with zero attached hydrogens (tertiary/aromatic N) is 4. The number of aliphatic hydroxyl groups is 1. The zero-order chi connectivity index (χ0) is 20.4. The standard InChI is InChI=1S/C20H24N6O3/c1-2-13(12-27)22-19(28)15-6-7-16-18(23-15)26(14-8-10-25(16)11-14)20(29)24-17-5-3-4-9-21-17/h3-7,9,13-14,27H,2,8,10-12H2,1H3,(H,22,28)(H,21,24,29)/t13-,14?/m0/s1. The molecule has 2 atom stereocenters. The fourth-order valence-corrected chi connectivity index (χ4v) is 3.74. The normalized spacial score (nSPS) is 18.2. The molecule has 152 valence electrons. The molecule has 0 spiro atoms. The van der Waals surface area contributed by atoms with Gasteiger partial charge in [-0.15, -0.1) is 0 Å². The topological polar surface area (TPSA) is 111 Å². The van der Waals surface area contributed by atoms with Crippen molar-refractivity contribution >= 4 is 29.3 Å². The van der Waals surface area contributed by atoms with Crippen LogP contribution in [0.5, 0.6) is 0 Å². The summed E-state index contributed by atoms with van der Waals surface area (Å²) in [5.74, 6) is 0.561. The van der Waals surface area contributed by atoms with Gasteiger partial charge in [0.05, 0.1) is 24.4 Å². The molecule has 0 saturated carbocycles. The maximum absolute atomic E-state index is 13.1.